The zero-order valence-corrected chi connectivity index (χ0v) is 10.8. The van der Waals surface area contributed by atoms with Crippen LogP contribution >= 0.6 is 0 Å². The van der Waals surface area contributed by atoms with Gasteiger partial charge in [0.15, 0.2) is 0 Å². The van der Waals surface area contributed by atoms with Gasteiger partial charge in [-0.2, -0.15) is 0 Å². The van der Waals surface area contributed by atoms with Crippen LogP contribution < -0.4 is 5.32 Å². The summed E-state index contributed by atoms with van der Waals surface area (Å²) in [5.41, 5.74) is 1.01. The first-order valence-electron chi connectivity index (χ1n) is 6.09. The van der Waals surface area contributed by atoms with Crippen molar-refractivity contribution in [2.45, 2.75) is 6.92 Å². The molecule has 2 aromatic rings. The smallest absolute Gasteiger partial charge is 0.338 e. The van der Waals surface area contributed by atoms with Crippen molar-refractivity contribution >= 4 is 17.3 Å². The van der Waals surface area contributed by atoms with E-state index in [1.807, 2.05) is 0 Å². The molecule has 0 saturated carbocycles. The monoisotopic (exact) mass is 277 g/mol. The van der Waals surface area contributed by atoms with E-state index in [9.17, 15) is 13.6 Å². The van der Waals surface area contributed by atoms with Gasteiger partial charge in [-0.1, -0.05) is 6.07 Å². The predicted octanol–water partition coefficient (Wildman–Crippen LogP) is 3.89. The first-order valence-corrected chi connectivity index (χ1v) is 6.09. The van der Waals surface area contributed by atoms with Crippen molar-refractivity contribution < 1.29 is 18.3 Å². The van der Waals surface area contributed by atoms with Crippen molar-refractivity contribution in [2.24, 2.45) is 0 Å². The second kappa shape index (κ2) is 6.14. The first kappa shape index (κ1) is 14.0. The molecule has 0 aliphatic carbocycles. The lowest BCUT2D eigenvalue weighted by Gasteiger charge is -2.09. The molecule has 1 N–H and O–H groups in total. The Labute approximate surface area is 115 Å². The number of carbonyl (C=O) groups excluding carboxylic acids is 1. The number of ether oxygens (including phenoxy) is 1. The topological polar surface area (TPSA) is 38.3 Å². The van der Waals surface area contributed by atoms with Crippen molar-refractivity contribution in [3.63, 3.8) is 0 Å². The van der Waals surface area contributed by atoms with Gasteiger partial charge in [-0.25, -0.2) is 13.6 Å². The first-order chi connectivity index (χ1) is 9.60. The molecule has 0 radical (unpaired) electrons. The van der Waals surface area contributed by atoms with E-state index in [0.717, 1.165) is 12.1 Å². The van der Waals surface area contributed by atoms with Crippen LogP contribution in [0.15, 0.2) is 42.5 Å². The van der Waals surface area contributed by atoms with Gasteiger partial charge < -0.3 is 10.1 Å². The van der Waals surface area contributed by atoms with E-state index in [0.29, 0.717) is 11.3 Å². The number of nitrogens with one attached hydrogen (secondary N) is 1. The molecule has 0 atom stereocenters. The fraction of sp³-hybridized carbons (Fsp3) is 0.133. The van der Waals surface area contributed by atoms with Gasteiger partial charge in [-0.15, -0.1) is 0 Å². The fourth-order valence-corrected chi connectivity index (χ4v) is 1.68. The third-order valence-electron chi connectivity index (χ3n) is 2.58. The standard InChI is InChI=1S/C15H13F2NO2/c1-2-20-15(19)10-4-3-5-12(8-10)18-14-7-6-11(16)9-13(14)17/h3-9,18H,2H2,1H3. The normalized spacial score (nSPS) is 10.2. The maximum Gasteiger partial charge on any atom is 0.338 e. The number of rotatable bonds is 4. The second-order valence-electron chi connectivity index (χ2n) is 4.05. The molecule has 0 spiro atoms. The average Bonchev–Trinajstić information content (AvgIpc) is 2.43. The van der Waals surface area contributed by atoms with Crippen molar-refractivity contribution in [1.82, 2.24) is 0 Å². The molecule has 0 unspecified atom stereocenters. The van der Waals surface area contributed by atoms with Gasteiger partial charge in [-0.3, -0.25) is 0 Å². The third-order valence-corrected chi connectivity index (χ3v) is 2.58. The van der Waals surface area contributed by atoms with Crippen LogP contribution in [-0.4, -0.2) is 12.6 Å². The summed E-state index contributed by atoms with van der Waals surface area (Å²) in [6.45, 7) is 2.00. The minimum atomic E-state index is -0.702. The van der Waals surface area contributed by atoms with E-state index in [4.69, 9.17) is 4.74 Å². The van der Waals surface area contributed by atoms with E-state index in [2.05, 4.69) is 5.32 Å². The highest BCUT2D eigenvalue weighted by Crippen LogP contribution is 2.21. The van der Waals surface area contributed by atoms with E-state index in [1.54, 1.807) is 31.2 Å². The molecule has 0 heterocycles. The highest BCUT2D eigenvalue weighted by Gasteiger charge is 2.08. The van der Waals surface area contributed by atoms with Crippen LogP contribution in [0.3, 0.4) is 0 Å². The van der Waals surface area contributed by atoms with Gasteiger partial charge in [0, 0.05) is 11.8 Å². The lowest BCUT2D eigenvalue weighted by molar-refractivity contribution is 0.0526. The zero-order valence-electron chi connectivity index (χ0n) is 10.8. The number of carbonyl (C=O) groups is 1. The number of hydrogen-bond donors (Lipinski definition) is 1. The van der Waals surface area contributed by atoms with E-state index < -0.39 is 17.6 Å². The lowest BCUT2D eigenvalue weighted by Crippen LogP contribution is -2.05. The number of esters is 1. The molecule has 0 aliphatic heterocycles. The highest BCUT2D eigenvalue weighted by atomic mass is 19.1. The number of benzene rings is 2. The van der Waals surface area contributed by atoms with E-state index in [1.165, 1.54) is 6.07 Å². The van der Waals surface area contributed by atoms with Crippen molar-refractivity contribution in [2.75, 3.05) is 11.9 Å². The number of halogens is 2. The predicted molar refractivity (Wildman–Crippen MR) is 72.0 cm³/mol. The molecule has 3 nitrogen and oxygen atoms in total. The van der Waals surface area contributed by atoms with Crippen LogP contribution in [0.25, 0.3) is 0 Å². The van der Waals surface area contributed by atoms with Crippen LogP contribution in [0.2, 0.25) is 0 Å². The minimum Gasteiger partial charge on any atom is -0.462 e. The number of hydrogen-bond acceptors (Lipinski definition) is 3. The Kier molecular flexibility index (Phi) is 4.30. The molecule has 2 aromatic carbocycles. The minimum absolute atomic E-state index is 0.132. The van der Waals surface area contributed by atoms with Gasteiger partial charge >= 0.3 is 5.97 Å². The molecule has 104 valence electrons. The summed E-state index contributed by atoms with van der Waals surface area (Å²) >= 11 is 0. The van der Waals surface area contributed by atoms with Gasteiger partial charge in [0.05, 0.1) is 17.9 Å². The fourth-order valence-electron chi connectivity index (χ4n) is 1.68. The molecule has 0 saturated heterocycles. The van der Waals surface area contributed by atoms with Gasteiger partial charge in [0.25, 0.3) is 0 Å². The average molecular weight is 277 g/mol. The SMILES string of the molecule is CCOC(=O)c1cccc(Nc2ccc(F)cc2F)c1. The Morgan fingerprint density at radius 2 is 2.00 bits per heavy atom. The van der Waals surface area contributed by atoms with Crippen molar-refractivity contribution in [3.8, 4) is 0 Å². The van der Waals surface area contributed by atoms with Crippen LogP contribution in [0.4, 0.5) is 20.2 Å². The van der Waals surface area contributed by atoms with Crippen molar-refractivity contribution in [1.29, 1.82) is 0 Å². The van der Waals surface area contributed by atoms with Crippen LogP contribution in [0.1, 0.15) is 17.3 Å². The third kappa shape index (κ3) is 3.32. The van der Waals surface area contributed by atoms with Crippen molar-refractivity contribution in [3.05, 3.63) is 59.7 Å². The largest absolute Gasteiger partial charge is 0.462 e. The van der Waals surface area contributed by atoms with Gasteiger partial charge in [0.2, 0.25) is 0 Å². The molecule has 0 fully saturated rings. The molecule has 5 heteroatoms. The van der Waals surface area contributed by atoms with E-state index in [-0.39, 0.29) is 12.3 Å². The maximum absolute atomic E-state index is 13.5. The molecule has 20 heavy (non-hydrogen) atoms. The zero-order chi connectivity index (χ0) is 14.5. The molecule has 0 aromatic heterocycles. The maximum atomic E-state index is 13.5. The quantitative estimate of drug-likeness (QED) is 0.862. The Morgan fingerprint density at radius 3 is 2.70 bits per heavy atom. The van der Waals surface area contributed by atoms with Crippen LogP contribution in [-0.2, 0) is 4.74 Å². The lowest BCUT2D eigenvalue weighted by atomic mass is 10.2. The summed E-state index contributed by atoms with van der Waals surface area (Å²) in [5.74, 6) is -1.80. The summed E-state index contributed by atoms with van der Waals surface area (Å²) in [5, 5.41) is 2.79. The Morgan fingerprint density at radius 1 is 1.20 bits per heavy atom. The summed E-state index contributed by atoms with van der Waals surface area (Å²) in [4.78, 5) is 11.6. The molecule has 0 bridgehead atoms. The summed E-state index contributed by atoms with van der Waals surface area (Å²) in [7, 11) is 0. The molecular formula is C15H13F2NO2. The van der Waals surface area contributed by atoms with E-state index >= 15 is 0 Å². The Hall–Kier alpha value is -2.43. The highest BCUT2D eigenvalue weighted by molar-refractivity contribution is 5.90. The summed E-state index contributed by atoms with van der Waals surface area (Å²) in [6.07, 6.45) is 0. The van der Waals surface area contributed by atoms with Gasteiger partial charge in [-0.05, 0) is 37.3 Å². The van der Waals surface area contributed by atoms with Crippen LogP contribution in [0.5, 0.6) is 0 Å². The van der Waals surface area contributed by atoms with Crippen LogP contribution in [0, 0.1) is 11.6 Å². The second-order valence-corrected chi connectivity index (χ2v) is 4.05. The van der Waals surface area contributed by atoms with Gasteiger partial charge in [0.1, 0.15) is 11.6 Å². The number of anilines is 2. The Bertz CT molecular complexity index is 629. The molecule has 0 aliphatic rings. The molecule has 0 amide bonds. The molecular weight excluding hydrogens is 264 g/mol. The molecule has 2 rings (SSSR count). The summed E-state index contributed by atoms with van der Waals surface area (Å²) < 4.78 is 31.2. The Balaban J connectivity index is 2.21. The summed E-state index contributed by atoms with van der Waals surface area (Å²) in [6, 6.07) is 9.70.